The molecule has 0 bridgehead atoms. The van der Waals surface area contributed by atoms with E-state index in [-0.39, 0.29) is 6.10 Å². The average Bonchev–Trinajstić information content (AvgIpc) is 2.74. The van der Waals surface area contributed by atoms with Crippen molar-refractivity contribution in [1.29, 1.82) is 0 Å². The lowest BCUT2D eigenvalue weighted by Gasteiger charge is -2.34. The fourth-order valence-electron chi connectivity index (χ4n) is 4.04. The number of aliphatic hydroxyl groups excluding tert-OH is 1. The van der Waals surface area contributed by atoms with Gasteiger partial charge in [-0.1, -0.05) is 6.07 Å². The molecular weight excluding hydrogens is 364 g/mol. The maximum absolute atomic E-state index is 9.61. The van der Waals surface area contributed by atoms with E-state index >= 15 is 0 Å². The third kappa shape index (κ3) is 7.16. The maximum atomic E-state index is 9.61. The summed E-state index contributed by atoms with van der Waals surface area (Å²) >= 11 is 0. The highest BCUT2D eigenvalue weighted by Gasteiger charge is 2.21. The normalized spacial score (nSPS) is 20.1. The monoisotopic (exact) mass is 402 g/mol. The summed E-state index contributed by atoms with van der Waals surface area (Å²) in [5, 5.41) is 16.6. The Kier molecular flexibility index (Phi) is 8.55. The summed E-state index contributed by atoms with van der Waals surface area (Å²) in [5.74, 6) is 2.02. The van der Waals surface area contributed by atoms with E-state index in [0.717, 1.165) is 89.7 Å². The van der Waals surface area contributed by atoms with E-state index < -0.39 is 0 Å². The van der Waals surface area contributed by atoms with Gasteiger partial charge < -0.3 is 25.5 Å². The quantitative estimate of drug-likeness (QED) is 0.367. The number of nitrogens with one attached hydrogen (secondary N) is 2. The van der Waals surface area contributed by atoms with Gasteiger partial charge in [-0.05, 0) is 64.1 Å². The van der Waals surface area contributed by atoms with Gasteiger partial charge in [0.25, 0.3) is 0 Å². The summed E-state index contributed by atoms with van der Waals surface area (Å²) in [6, 6.07) is 4.71. The number of aliphatic imine (C=N–C) groups is 1. The first kappa shape index (κ1) is 21.8. The molecule has 3 heterocycles. The van der Waals surface area contributed by atoms with Gasteiger partial charge in [0.2, 0.25) is 0 Å². The second-order valence-electron chi connectivity index (χ2n) is 8.29. The number of aryl methyl sites for hydroxylation is 1. The molecule has 29 heavy (non-hydrogen) atoms. The molecule has 162 valence electrons. The van der Waals surface area contributed by atoms with Crippen molar-refractivity contribution in [2.45, 2.75) is 58.1 Å². The van der Waals surface area contributed by atoms with Gasteiger partial charge in [-0.3, -0.25) is 4.99 Å². The van der Waals surface area contributed by atoms with Crippen LogP contribution in [0.5, 0.6) is 0 Å². The first-order valence-corrected chi connectivity index (χ1v) is 11.3. The Bertz CT molecular complexity index is 619. The number of hydrogen-bond donors (Lipinski definition) is 3. The molecule has 2 aliphatic rings. The summed E-state index contributed by atoms with van der Waals surface area (Å²) < 4.78 is 0. The lowest BCUT2D eigenvalue weighted by Crippen LogP contribution is -2.49. The van der Waals surface area contributed by atoms with Crippen LogP contribution in [0, 0.1) is 6.92 Å². The molecule has 0 unspecified atom stereocenters. The van der Waals surface area contributed by atoms with Crippen LogP contribution < -0.4 is 15.5 Å². The fraction of sp³-hybridized carbons (Fsp3) is 0.727. The van der Waals surface area contributed by atoms with Crippen LogP contribution in [0.1, 0.15) is 44.6 Å². The molecule has 3 N–H and O–H groups in total. The van der Waals surface area contributed by atoms with Crippen molar-refractivity contribution in [1.82, 2.24) is 20.5 Å². The number of aliphatic hydroxyl groups is 1. The lowest BCUT2D eigenvalue weighted by atomic mass is 10.1. The van der Waals surface area contributed by atoms with Crippen LogP contribution in [0.15, 0.2) is 23.3 Å². The third-order valence-corrected chi connectivity index (χ3v) is 5.86. The van der Waals surface area contributed by atoms with Gasteiger partial charge in [-0.2, -0.15) is 0 Å². The van der Waals surface area contributed by atoms with Gasteiger partial charge in [0, 0.05) is 51.5 Å². The number of hydrogen-bond acceptors (Lipinski definition) is 5. The number of guanidine groups is 1. The predicted molar refractivity (Wildman–Crippen MR) is 120 cm³/mol. The average molecular weight is 403 g/mol. The van der Waals surface area contributed by atoms with Crippen molar-refractivity contribution >= 4 is 11.8 Å². The van der Waals surface area contributed by atoms with Crippen LogP contribution in [-0.4, -0.2) is 78.9 Å². The first-order valence-electron chi connectivity index (χ1n) is 11.3. The van der Waals surface area contributed by atoms with Crippen LogP contribution in [0.4, 0.5) is 5.82 Å². The molecule has 0 atom stereocenters. The Balaban J connectivity index is 1.39. The topological polar surface area (TPSA) is 76.0 Å². The minimum atomic E-state index is -0.0953. The molecule has 0 aliphatic carbocycles. The summed E-state index contributed by atoms with van der Waals surface area (Å²) in [5.41, 5.74) is 1.20. The number of aromatic nitrogens is 1. The Morgan fingerprint density at radius 3 is 2.59 bits per heavy atom. The lowest BCUT2D eigenvalue weighted by molar-refractivity contribution is 0.0824. The molecule has 0 spiro atoms. The molecule has 0 saturated carbocycles. The highest BCUT2D eigenvalue weighted by atomic mass is 16.3. The van der Waals surface area contributed by atoms with E-state index in [1.807, 2.05) is 6.20 Å². The van der Waals surface area contributed by atoms with E-state index in [1.54, 1.807) is 0 Å². The second kappa shape index (κ2) is 11.4. The van der Waals surface area contributed by atoms with Gasteiger partial charge in [0.1, 0.15) is 5.82 Å². The minimum Gasteiger partial charge on any atom is -0.393 e. The number of likely N-dealkylation sites (tertiary alicyclic amines) is 1. The van der Waals surface area contributed by atoms with Gasteiger partial charge in [-0.15, -0.1) is 0 Å². The smallest absolute Gasteiger partial charge is 0.191 e. The van der Waals surface area contributed by atoms with Crippen LogP contribution in [0.25, 0.3) is 0 Å². The molecule has 1 aromatic heterocycles. The van der Waals surface area contributed by atoms with E-state index in [1.165, 1.54) is 5.56 Å². The van der Waals surface area contributed by atoms with E-state index in [2.05, 4.69) is 51.4 Å². The molecule has 0 radical (unpaired) electrons. The Morgan fingerprint density at radius 1 is 1.17 bits per heavy atom. The molecule has 2 aliphatic heterocycles. The highest BCUT2D eigenvalue weighted by Crippen LogP contribution is 2.18. The number of anilines is 1. The van der Waals surface area contributed by atoms with Crippen LogP contribution in [0.2, 0.25) is 0 Å². The number of piperidine rings is 2. The zero-order valence-electron chi connectivity index (χ0n) is 18.1. The molecule has 7 nitrogen and oxygen atoms in total. The van der Waals surface area contributed by atoms with Crippen LogP contribution in [0.3, 0.4) is 0 Å². The van der Waals surface area contributed by atoms with Gasteiger partial charge in [0.15, 0.2) is 5.96 Å². The van der Waals surface area contributed by atoms with Crippen molar-refractivity contribution in [3.05, 3.63) is 23.9 Å². The number of rotatable bonds is 7. The van der Waals surface area contributed by atoms with Crippen molar-refractivity contribution in [2.75, 3.05) is 50.7 Å². The largest absolute Gasteiger partial charge is 0.393 e. The summed E-state index contributed by atoms with van der Waals surface area (Å²) in [7, 11) is 0. The summed E-state index contributed by atoms with van der Waals surface area (Å²) in [6.07, 6.45) is 6.91. The molecule has 2 saturated heterocycles. The molecular formula is C22H38N6O. The standard InChI is InChI=1S/C22H38N6O/c1-3-23-22(24-11-4-12-27-13-9-20(29)10-14-27)26-19-7-15-28(16-8-19)21-6-5-18(2)17-25-21/h5-6,17,19-20,29H,3-4,7-16H2,1-2H3,(H2,23,24,26). The minimum absolute atomic E-state index is 0.0953. The van der Waals surface area contributed by atoms with Crippen LogP contribution in [-0.2, 0) is 0 Å². The second-order valence-corrected chi connectivity index (χ2v) is 8.29. The Hall–Kier alpha value is -1.86. The van der Waals surface area contributed by atoms with Gasteiger partial charge >= 0.3 is 0 Å². The van der Waals surface area contributed by atoms with E-state index in [4.69, 9.17) is 4.99 Å². The van der Waals surface area contributed by atoms with Crippen molar-refractivity contribution in [3.63, 3.8) is 0 Å². The summed E-state index contributed by atoms with van der Waals surface area (Å²) in [6.45, 7) is 11.0. The number of pyridine rings is 1. The summed E-state index contributed by atoms with van der Waals surface area (Å²) in [4.78, 5) is 14.2. The van der Waals surface area contributed by atoms with Gasteiger partial charge in [0.05, 0.1) is 6.10 Å². The highest BCUT2D eigenvalue weighted by molar-refractivity contribution is 5.80. The zero-order chi connectivity index (χ0) is 20.5. The van der Waals surface area contributed by atoms with Crippen LogP contribution >= 0.6 is 0 Å². The number of nitrogens with zero attached hydrogens (tertiary/aromatic N) is 4. The van der Waals surface area contributed by atoms with E-state index in [9.17, 15) is 5.11 Å². The Morgan fingerprint density at radius 2 is 1.93 bits per heavy atom. The maximum Gasteiger partial charge on any atom is 0.191 e. The molecule has 3 rings (SSSR count). The van der Waals surface area contributed by atoms with Crippen molar-refractivity contribution in [3.8, 4) is 0 Å². The van der Waals surface area contributed by atoms with E-state index in [0.29, 0.717) is 6.04 Å². The fourth-order valence-corrected chi connectivity index (χ4v) is 4.04. The molecule has 7 heteroatoms. The zero-order valence-corrected chi connectivity index (χ0v) is 18.1. The van der Waals surface area contributed by atoms with Gasteiger partial charge in [-0.25, -0.2) is 4.98 Å². The molecule has 2 fully saturated rings. The SMILES string of the molecule is CCNC(=NCCCN1CCC(O)CC1)NC1CCN(c2ccc(C)cn2)CC1. The molecule has 0 aromatic carbocycles. The van der Waals surface area contributed by atoms with Crippen molar-refractivity contribution < 1.29 is 5.11 Å². The van der Waals surface area contributed by atoms with Crippen molar-refractivity contribution in [2.24, 2.45) is 4.99 Å². The third-order valence-electron chi connectivity index (χ3n) is 5.86. The first-order chi connectivity index (χ1) is 14.1. The molecule has 0 amide bonds. The predicted octanol–water partition coefficient (Wildman–Crippen LogP) is 1.76. The molecule has 1 aromatic rings. The Labute approximate surface area is 175 Å².